The van der Waals surface area contributed by atoms with Crippen molar-refractivity contribution in [2.45, 2.75) is 38.1 Å². The Morgan fingerprint density at radius 1 is 1.31 bits per heavy atom. The topological polar surface area (TPSA) is 38.0 Å². The van der Waals surface area contributed by atoms with Crippen molar-refractivity contribution < 1.29 is 0 Å². The van der Waals surface area contributed by atoms with Crippen LogP contribution in [0.5, 0.6) is 0 Å². The standard InChI is InChI=1S/C13H18N2S/c1-13(8-4-5-9-13)15-11-7-3-2-6-10(11)12(14)16/h2-3,6-7,15H,4-5,8-9H2,1H3,(H2,14,16). The van der Waals surface area contributed by atoms with Gasteiger partial charge in [-0.15, -0.1) is 0 Å². The first-order chi connectivity index (χ1) is 7.61. The van der Waals surface area contributed by atoms with E-state index in [1.807, 2.05) is 18.2 Å². The van der Waals surface area contributed by atoms with E-state index in [0.717, 1.165) is 11.3 Å². The number of nitrogens with two attached hydrogens (primary N) is 1. The Morgan fingerprint density at radius 2 is 1.94 bits per heavy atom. The van der Waals surface area contributed by atoms with Gasteiger partial charge in [-0.1, -0.05) is 37.2 Å². The van der Waals surface area contributed by atoms with Gasteiger partial charge in [0.05, 0.1) is 0 Å². The highest BCUT2D eigenvalue weighted by molar-refractivity contribution is 7.80. The van der Waals surface area contributed by atoms with Crippen LogP contribution < -0.4 is 11.1 Å². The van der Waals surface area contributed by atoms with Crippen molar-refractivity contribution in [1.82, 2.24) is 0 Å². The Balaban J connectivity index is 2.23. The van der Waals surface area contributed by atoms with Gasteiger partial charge in [0, 0.05) is 16.8 Å². The second-order valence-corrected chi connectivity index (χ2v) is 5.24. The Morgan fingerprint density at radius 3 is 2.56 bits per heavy atom. The lowest BCUT2D eigenvalue weighted by molar-refractivity contribution is 0.533. The van der Waals surface area contributed by atoms with Crippen molar-refractivity contribution in [3.8, 4) is 0 Å². The van der Waals surface area contributed by atoms with Crippen LogP contribution in [-0.4, -0.2) is 10.5 Å². The number of anilines is 1. The van der Waals surface area contributed by atoms with Crippen molar-refractivity contribution in [2.75, 3.05) is 5.32 Å². The van der Waals surface area contributed by atoms with Crippen LogP contribution in [0.3, 0.4) is 0 Å². The van der Waals surface area contributed by atoms with E-state index in [-0.39, 0.29) is 5.54 Å². The molecule has 0 heterocycles. The largest absolute Gasteiger partial charge is 0.389 e. The fraction of sp³-hybridized carbons (Fsp3) is 0.462. The van der Waals surface area contributed by atoms with E-state index in [0.29, 0.717) is 4.99 Å². The molecule has 0 atom stereocenters. The maximum Gasteiger partial charge on any atom is 0.106 e. The van der Waals surface area contributed by atoms with E-state index in [9.17, 15) is 0 Å². The summed E-state index contributed by atoms with van der Waals surface area (Å²) in [6.45, 7) is 2.27. The maximum absolute atomic E-state index is 5.72. The number of benzene rings is 1. The van der Waals surface area contributed by atoms with Crippen molar-refractivity contribution in [3.05, 3.63) is 29.8 Å². The molecule has 16 heavy (non-hydrogen) atoms. The van der Waals surface area contributed by atoms with Crippen LogP contribution in [0.15, 0.2) is 24.3 Å². The molecule has 0 saturated heterocycles. The van der Waals surface area contributed by atoms with Crippen LogP contribution in [0, 0.1) is 0 Å². The average Bonchev–Trinajstić information content (AvgIpc) is 2.65. The summed E-state index contributed by atoms with van der Waals surface area (Å²) < 4.78 is 0. The van der Waals surface area contributed by atoms with Crippen LogP contribution in [0.4, 0.5) is 5.69 Å². The second kappa shape index (κ2) is 4.42. The normalized spacial score (nSPS) is 18.3. The summed E-state index contributed by atoms with van der Waals surface area (Å²) in [5, 5.41) is 3.60. The molecule has 2 rings (SSSR count). The van der Waals surface area contributed by atoms with Crippen molar-refractivity contribution >= 4 is 22.9 Å². The van der Waals surface area contributed by atoms with E-state index in [1.54, 1.807) is 0 Å². The Kier molecular flexibility index (Phi) is 3.15. The molecule has 0 aliphatic heterocycles. The molecule has 3 heteroatoms. The Hall–Kier alpha value is -1.09. The molecule has 0 amide bonds. The lowest BCUT2D eigenvalue weighted by Crippen LogP contribution is -2.32. The second-order valence-electron chi connectivity index (χ2n) is 4.80. The fourth-order valence-electron chi connectivity index (χ4n) is 2.41. The van der Waals surface area contributed by atoms with E-state index in [4.69, 9.17) is 18.0 Å². The molecule has 1 aliphatic carbocycles. The highest BCUT2D eigenvalue weighted by Gasteiger charge is 2.28. The number of para-hydroxylation sites is 1. The monoisotopic (exact) mass is 234 g/mol. The minimum atomic E-state index is 0.209. The van der Waals surface area contributed by atoms with Crippen LogP contribution >= 0.6 is 12.2 Å². The zero-order valence-electron chi connectivity index (χ0n) is 9.62. The number of hydrogen-bond acceptors (Lipinski definition) is 2. The van der Waals surface area contributed by atoms with Gasteiger partial charge in [-0.25, -0.2) is 0 Å². The summed E-state index contributed by atoms with van der Waals surface area (Å²) in [6.07, 6.45) is 5.05. The smallest absolute Gasteiger partial charge is 0.106 e. The summed E-state index contributed by atoms with van der Waals surface area (Å²) in [5.74, 6) is 0. The van der Waals surface area contributed by atoms with E-state index in [2.05, 4.69) is 18.3 Å². The van der Waals surface area contributed by atoms with Gasteiger partial charge in [0.15, 0.2) is 0 Å². The third kappa shape index (κ3) is 2.35. The first-order valence-corrected chi connectivity index (χ1v) is 6.19. The molecular formula is C13H18N2S. The van der Waals surface area contributed by atoms with E-state index < -0.39 is 0 Å². The number of thiocarbonyl (C=S) groups is 1. The minimum absolute atomic E-state index is 0.209. The molecule has 2 nitrogen and oxygen atoms in total. The fourth-order valence-corrected chi connectivity index (χ4v) is 2.59. The van der Waals surface area contributed by atoms with Gasteiger partial charge in [0.1, 0.15) is 4.99 Å². The molecular weight excluding hydrogens is 216 g/mol. The molecule has 0 bridgehead atoms. The summed E-state index contributed by atoms with van der Waals surface area (Å²) in [4.78, 5) is 0.463. The Bertz CT molecular complexity index is 395. The van der Waals surface area contributed by atoms with E-state index >= 15 is 0 Å². The first kappa shape index (κ1) is 11.4. The van der Waals surface area contributed by atoms with Crippen LogP contribution in [0.25, 0.3) is 0 Å². The molecule has 0 radical (unpaired) electrons. The van der Waals surface area contributed by atoms with Gasteiger partial charge in [-0.3, -0.25) is 0 Å². The third-order valence-corrected chi connectivity index (χ3v) is 3.56. The van der Waals surface area contributed by atoms with Crippen molar-refractivity contribution in [2.24, 2.45) is 5.73 Å². The molecule has 1 fully saturated rings. The summed E-state index contributed by atoms with van der Waals surface area (Å²) in [7, 11) is 0. The van der Waals surface area contributed by atoms with E-state index in [1.165, 1.54) is 25.7 Å². The predicted octanol–water partition coefficient (Wildman–Crippen LogP) is 3.07. The molecule has 3 N–H and O–H groups in total. The lowest BCUT2D eigenvalue weighted by atomic mass is 9.99. The van der Waals surface area contributed by atoms with Gasteiger partial charge in [0.2, 0.25) is 0 Å². The first-order valence-electron chi connectivity index (χ1n) is 5.78. The number of hydrogen-bond donors (Lipinski definition) is 2. The van der Waals surface area contributed by atoms with Gasteiger partial charge in [-0.05, 0) is 31.9 Å². The number of rotatable bonds is 3. The zero-order valence-corrected chi connectivity index (χ0v) is 10.4. The molecule has 0 aromatic heterocycles. The summed E-state index contributed by atoms with van der Waals surface area (Å²) in [6, 6.07) is 8.01. The molecule has 1 aromatic rings. The lowest BCUT2D eigenvalue weighted by Gasteiger charge is -2.28. The van der Waals surface area contributed by atoms with Crippen molar-refractivity contribution in [1.29, 1.82) is 0 Å². The van der Waals surface area contributed by atoms with Gasteiger partial charge < -0.3 is 11.1 Å². The quantitative estimate of drug-likeness (QED) is 0.789. The SMILES string of the molecule is CC1(Nc2ccccc2C(N)=S)CCCC1. The van der Waals surface area contributed by atoms with Crippen LogP contribution in [0.1, 0.15) is 38.2 Å². The molecule has 0 unspecified atom stereocenters. The predicted molar refractivity (Wildman–Crippen MR) is 72.8 cm³/mol. The number of nitrogens with one attached hydrogen (secondary N) is 1. The molecule has 1 aliphatic rings. The van der Waals surface area contributed by atoms with Gasteiger partial charge >= 0.3 is 0 Å². The molecule has 1 saturated carbocycles. The molecule has 0 spiro atoms. The highest BCUT2D eigenvalue weighted by atomic mass is 32.1. The average molecular weight is 234 g/mol. The van der Waals surface area contributed by atoms with Crippen LogP contribution in [-0.2, 0) is 0 Å². The summed E-state index contributed by atoms with van der Waals surface area (Å²) >= 11 is 5.06. The maximum atomic E-state index is 5.72. The summed E-state index contributed by atoms with van der Waals surface area (Å²) in [5.41, 5.74) is 7.95. The van der Waals surface area contributed by atoms with Crippen LogP contribution in [0.2, 0.25) is 0 Å². The zero-order chi connectivity index (χ0) is 11.6. The van der Waals surface area contributed by atoms with Gasteiger partial charge in [-0.2, -0.15) is 0 Å². The van der Waals surface area contributed by atoms with Crippen molar-refractivity contribution in [3.63, 3.8) is 0 Å². The third-order valence-electron chi connectivity index (χ3n) is 3.34. The Labute approximate surface area is 102 Å². The highest BCUT2D eigenvalue weighted by Crippen LogP contribution is 2.33. The van der Waals surface area contributed by atoms with Gasteiger partial charge in [0.25, 0.3) is 0 Å². The molecule has 86 valence electrons. The molecule has 1 aromatic carbocycles. The minimum Gasteiger partial charge on any atom is -0.389 e.